The zero-order valence-electron chi connectivity index (χ0n) is 7.72. The van der Waals surface area contributed by atoms with Crippen molar-refractivity contribution in [2.24, 2.45) is 11.8 Å². The number of rotatable bonds is 0. The van der Waals surface area contributed by atoms with E-state index in [1.165, 1.54) is 12.8 Å². The standard InChI is InChI=1S/C9H12.C3H4/c1-2-8-5-7-3-4-9(8)6-7;1-3-2/h2-4,7,9H,5-6H2,1H3;1-2H2. The van der Waals surface area contributed by atoms with E-state index < -0.39 is 0 Å². The van der Waals surface area contributed by atoms with Crippen LogP contribution in [0.2, 0.25) is 0 Å². The van der Waals surface area contributed by atoms with Gasteiger partial charge >= 0.3 is 0 Å². The predicted octanol–water partition coefficient (Wildman–Crippen LogP) is 3.49. The average molecular weight is 160 g/mol. The largest absolute Gasteiger partial charge is 0.137 e. The summed E-state index contributed by atoms with van der Waals surface area (Å²) in [6, 6.07) is 0. The average Bonchev–Trinajstić information content (AvgIpc) is 2.65. The van der Waals surface area contributed by atoms with Gasteiger partial charge in [-0.2, -0.15) is 0 Å². The maximum absolute atomic E-state index is 3.12. The minimum absolute atomic E-state index is 0.833. The van der Waals surface area contributed by atoms with Gasteiger partial charge in [-0.3, -0.25) is 0 Å². The molecule has 2 aliphatic carbocycles. The number of allylic oxidation sites excluding steroid dienone is 4. The van der Waals surface area contributed by atoms with Gasteiger partial charge in [0.15, 0.2) is 0 Å². The van der Waals surface area contributed by atoms with Gasteiger partial charge < -0.3 is 0 Å². The van der Waals surface area contributed by atoms with Gasteiger partial charge in [0.05, 0.1) is 0 Å². The van der Waals surface area contributed by atoms with Gasteiger partial charge in [0, 0.05) is 0 Å². The van der Waals surface area contributed by atoms with Crippen LogP contribution < -0.4 is 0 Å². The lowest BCUT2D eigenvalue weighted by Crippen LogP contribution is -1.90. The Hall–Kier alpha value is -1.00. The Balaban J connectivity index is 0.000000213. The molecule has 0 radical (unpaired) electrons. The molecule has 2 unspecified atom stereocenters. The van der Waals surface area contributed by atoms with Crippen molar-refractivity contribution in [1.29, 1.82) is 0 Å². The molecule has 64 valence electrons. The Morgan fingerprint density at radius 1 is 1.50 bits per heavy atom. The molecule has 2 aliphatic rings. The lowest BCUT2D eigenvalue weighted by Gasteiger charge is -2.05. The molecule has 2 rings (SSSR count). The van der Waals surface area contributed by atoms with Crippen LogP contribution in [0.5, 0.6) is 0 Å². The van der Waals surface area contributed by atoms with Crippen molar-refractivity contribution in [3.05, 3.63) is 42.7 Å². The lowest BCUT2D eigenvalue weighted by atomic mass is 10.0. The monoisotopic (exact) mass is 160 g/mol. The van der Waals surface area contributed by atoms with Crippen molar-refractivity contribution in [3.63, 3.8) is 0 Å². The molecular formula is C12H16. The number of hydrogen-bond acceptors (Lipinski definition) is 0. The molecule has 12 heavy (non-hydrogen) atoms. The molecule has 0 aromatic carbocycles. The molecule has 0 saturated heterocycles. The van der Waals surface area contributed by atoms with Gasteiger partial charge in [0.25, 0.3) is 0 Å². The Bertz CT molecular complexity index is 237. The smallest absolute Gasteiger partial charge is 0.00174 e. The lowest BCUT2D eigenvalue weighted by molar-refractivity contribution is 0.693. The normalized spacial score (nSPS) is 32.9. The van der Waals surface area contributed by atoms with Crippen molar-refractivity contribution in [2.75, 3.05) is 0 Å². The highest BCUT2D eigenvalue weighted by molar-refractivity contribution is 5.26. The maximum atomic E-state index is 3.12. The minimum Gasteiger partial charge on any atom is -0.137 e. The van der Waals surface area contributed by atoms with E-state index in [2.05, 4.69) is 44.0 Å². The fourth-order valence-corrected chi connectivity index (χ4v) is 1.99. The van der Waals surface area contributed by atoms with Crippen molar-refractivity contribution >= 4 is 0 Å². The van der Waals surface area contributed by atoms with Crippen LogP contribution in [-0.4, -0.2) is 0 Å². The van der Waals surface area contributed by atoms with Crippen LogP contribution in [0.25, 0.3) is 0 Å². The highest BCUT2D eigenvalue weighted by Crippen LogP contribution is 2.42. The van der Waals surface area contributed by atoms with Crippen LogP contribution in [0.15, 0.2) is 42.7 Å². The number of hydrogen-bond donors (Lipinski definition) is 0. The molecule has 0 amide bonds. The molecule has 0 heteroatoms. The SMILES string of the molecule is C=C=C.CC=C1CC2C=CC1C2. The molecule has 2 bridgehead atoms. The first-order valence-corrected chi connectivity index (χ1v) is 4.44. The first-order chi connectivity index (χ1) is 5.81. The van der Waals surface area contributed by atoms with Gasteiger partial charge in [-0.15, -0.1) is 5.73 Å². The summed E-state index contributed by atoms with van der Waals surface area (Å²) >= 11 is 0. The molecule has 0 aromatic heterocycles. The molecule has 0 aromatic rings. The van der Waals surface area contributed by atoms with Gasteiger partial charge in [0.1, 0.15) is 0 Å². The summed E-state index contributed by atoms with van der Waals surface area (Å²) in [5, 5.41) is 0. The summed E-state index contributed by atoms with van der Waals surface area (Å²) in [4.78, 5) is 0. The fraction of sp³-hybridized carbons (Fsp3) is 0.417. The molecule has 0 aliphatic heterocycles. The molecule has 0 nitrogen and oxygen atoms in total. The second-order valence-electron chi connectivity index (χ2n) is 3.30. The first kappa shape index (κ1) is 9.09. The van der Waals surface area contributed by atoms with E-state index >= 15 is 0 Å². The Kier molecular flexibility index (Phi) is 3.13. The summed E-state index contributed by atoms with van der Waals surface area (Å²) in [6.07, 6.45) is 9.77. The third kappa shape index (κ3) is 1.78. The van der Waals surface area contributed by atoms with E-state index in [9.17, 15) is 0 Å². The summed E-state index contributed by atoms with van der Waals surface area (Å²) < 4.78 is 0. The Labute approximate surface area is 75.0 Å². The third-order valence-corrected chi connectivity index (χ3v) is 2.52. The van der Waals surface area contributed by atoms with Crippen LogP contribution in [0.3, 0.4) is 0 Å². The Morgan fingerprint density at radius 3 is 2.42 bits per heavy atom. The van der Waals surface area contributed by atoms with Gasteiger partial charge in [-0.05, 0) is 31.6 Å². The van der Waals surface area contributed by atoms with E-state index in [0.29, 0.717) is 0 Å². The van der Waals surface area contributed by atoms with Gasteiger partial charge in [-0.1, -0.05) is 37.0 Å². The third-order valence-electron chi connectivity index (χ3n) is 2.52. The summed E-state index contributed by atoms with van der Waals surface area (Å²) in [5.41, 5.74) is 3.92. The summed E-state index contributed by atoms with van der Waals surface area (Å²) in [6.45, 7) is 8.41. The van der Waals surface area contributed by atoms with Crippen LogP contribution in [0.1, 0.15) is 19.8 Å². The first-order valence-electron chi connectivity index (χ1n) is 4.44. The zero-order chi connectivity index (χ0) is 8.97. The van der Waals surface area contributed by atoms with Crippen LogP contribution in [0, 0.1) is 11.8 Å². The molecule has 0 heterocycles. The fourth-order valence-electron chi connectivity index (χ4n) is 1.99. The van der Waals surface area contributed by atoms with E-state index in [4.69, 9.17) is 0 Å². The zero-order valence-corrected chi connectivity index (χ0v) is 7.72. The molecule has 0 N–H and O–H groups in total. The Morgan fingerprint density at radius 2 is 2.17 bits per heavy atom. The summed E-state index contributed by atoms with van der Waals surface area (Å²) in [7, 11) is 0. The highest BCUT2D eigenvalue weighted by Gasteiger charge is 2.29. The maximum Gasteiger partial charge on any atom is -0.00174 e. The molecular weight excluding hydrogens is 144 g/mol. The second kappa shape index (κ2) is 4.13. The van der Waals surface area contributed by atoms with Crippen LogP contribution in [-0.2, 0) is 0 Å². The van der Waals surface area contributed by atoms with E-state index in [1.54, 1.807) is 5.57 Å². The van der Waals surface area contributed by atoms with E-state index in [0.717, 1.165) is 11.8 Å². The predicted molar refractivity (Wildman–Crippen MR) is 53.9 cm³/mol. The van der Waals surface area contributed by atoms with Crippen LogP contribution in [0.4, 0.5) is 0 Å². The molecule has 2 atom stereocenters. The molecule has 0 spiro atoms. The van der Waals surface area contributed by atoms with Crippen molar-refractivity contribution in [3.8, 4) is 0 Å². The summed E-state index contributed by atoms with van der Waals surface area (Å²) in [5.74, 6) is 1.74. The molecule has 1 saturated carbocycles. The second-order valence-corrected chi connectivity index (χ2v) is 3.30. The topological polar surface area (TPSA) is 0 Å². The van der Waals surface area contributed by atoms with Crippen molar-refractivity contribution in [2.45, 2.75) is 19.8 Å². The van der Waals surface area contributed by atoms with Crippen molar-refractivity contribution in [1.82, 2.24) is 0 Å². The quantitative estimate of drug-likeness (QED) is 0.376. The molecule has 1 fully saturated rings. The minimum atomic E-state index is 0.833. The van der Waals surface area contributed by atoms with Crippen LogP contribution >= 0.6 is 0 Å². The highest BCUT2D eigenvalue weighted by atomic mass is 14.3. The van der Waals surface area contributed by atoms with E-state index in [1.807, 2.05) is 0 Å². The van der Waals surface area contributed by atoms with E-state index in [-0.39, 0.29) is 0 Å². The van der Waals surface area contributed by atoms with Gasteiger partial charge in [0.2, 0.25) is 0 Å². The van der Waals surface area contributed by atoms with Gasteiger partial charge in [-0.25, -0.2) is 0 Å². The number of fused-ring (bicyclic) bond motifs is 2. The van der Waals surface area contributed by atoms with Crippen molar-refractivity contribution < 1.29 is 0 Å².